The second-order valence-electron chi connectivity index (χ2n) is 5.34. The summed E-state index contributed by atoms with van der Waals surface area (Å²) in [5.74, 6) is 0.679. The lowest BCUT2D eigenvalue weighted by Gasteiger charge is -2.09. The van der Waals surface area contributed by atoms with Crippen LogP contribution in [0.1, 0.15) is 12.1 Å². The third-order valence-electron chi connectivity index (χ3n) is 3.75. The molecule has 3 rings (SSSR count). The van der Waals surface area contributed by atoms with Crippen molar-refractivity contribution in [3.8, 4) is 22.7 Å². The molecule has 4 nitrogen and oxygen atoms in total. The van der Waals surface area contributed by atoms with E-state index < -0.39 is 17.2 Å². The molecule has 25 heavy (non-hydrogen) atoms. The highest BCUT2D eigenvalue weighted by Crippen LogP contribution is 2.29. The second-order valence-corrected chi connectivity index (χ2v) is 6.72. The van der Waals surface area contributed by atoms with Crippen molar-refractivity contribution in [3.63, 3.8) is 0 Å². The Morgan fingerprint density at radius 3 is 2.24 bits per heavy atom. The molecule has 130 valence electrons. The Bertz CT molecular complexity index is 890. The Morgan fingerprint density at radius 1 is 1.08 bits per heavy atom. The van der Waals surface area contributed by atoms with Crippen LogP contribution in [-0.4, -0.2) is 27.4 Å². The van der Waals surface area contributed by atoms with E-state index in [-0.39, 0.29) is 5.69 Å². The van der Waals surface area contributed by atoms with E-state index >= 15 is 0 Å². The van der Waals surface area contributed by atoms with Gasteiger partial charge in [-0.1, -0.05) is 0 Å². The number of nitrogens with zero attached hydrogens (tertiary/aromatic N) is 2. The normalized spacial score (nSPS) is 12.4. The van der Waals surface area contributed by atoms with Gasteiger partial charge in [0.05, 0.1) is 18.5 Å². The van der Waals surface area contributed by atoms with Crippen molar-refractivity contribution in [2.24, 2.45) is 0 Å². The molecular weight excluding hydrogens is 346 g/mol. The smallest absolute Gasteiger partial charge is 0.282 e. The molecule has 0 spiro atoms. The van der Waals surface area contributed by atoms with E-state index in [1.807, 2.05) is 0 Å². The van der Waals surface area contributed by atoms with Gasteiger partial charge in [-0.15, -0.1) is 0 Å². The number of hydrogen-bond donors (Lipinski definition) is 0. The number of ether oxygens (including phenoxy) is 1. The largest absolute Gasteiger partial charge is 0.497 e. The molecule has 0 N–H and O–H groups in total. The van der Waals surface area contributed by atoms with Crippen LogP contribution in [0.5, 0.6) is 5.75 Å². The summed E-state index contributed by atoms with van der Waals surface area (Å²) in [5.41, 5.74) is 1.60. The van der Waals surface area contributed by atoms with Gasteiger partial charge in [0.2, 0.25) is 0 Å². The van der Waals surface area contributed by atoms with Crippen molar-refractivity contribution in [1.29, 1.82) is 0 Å². The summed E-state index contributed by atoms with van der Waals surface area (Å²) >= 11 is 0. The molecule has 2 aromatic carbocycles. The third-order valence-corrected chi connectivity index (χ3v) is 4.69. The molecular formula is C18H16F2N2O2S. The molecule has 0 amide bonds. The molecule has 7 heteroatoms. The van der Waals surface area contributed by atoms with Gasteiger partial charge < -0.3 is 4.74 Å². The number of alkyl halides is 2. The van der Waals surface area contributed by atoms with Gasteiger partial charge in [-0.2, -0.15) is 5.10 Å². The minimum atomic E-state index is -2.67. The summed E-state index contributed by atoms with van der Waals surface area (Å²) in [7, 11) is 0.458. The maximum Gasteiger partial charge on any atom is 0.282 e. The number of hydrogen-bond acceptors (Lipinski definition) is 3. The maximum absolute atomic E-state index is 13.1. The van der Waals surface area contributed by atoms with Crippen LogP contribution >= 0.6 is 0 Å². The molecule has 0 aliphatic carbocycles. The van der Waals surface area contributed by atoms with Gasteiger partial charge in [-0.3, -0.25) is 4.21 Å². The predicted molar refractivity (Wildman–Crippen MR) is 92.8 cm³/mol. The summed E-state index contributed by atoms with van der Waals surface area (Å²) < 4.78 is 44.4. The number of benzene rings is 2. The van der Waals surface area contributed by atoms with Gasteiger partial charge >= 0.3 is 0 Å². The number of halogens is 2. The van der Waals surface area contributed by atoms with Crippen LogP contribution in [-0.2, 0) is 10.8 Å². The fourth-order valence-corrected chi connectivity index (χ4v) is 2.97. The highest BCUT2D eigenvalue weighted by molar-refractivity contribution is 7.84. The van der Waals surface area contributed by atoms with Gasteiger partial charge in [0, 0.05) is 27.5 Å². The SMILES string of the molecule is COc1ccc(-c2cc(C(F)F)nn2-c2ccc(S(C)=O)cc2)cc1. The van der Waals surface area contributed by atoms with E-state index in [2.05, 4.69) is 5.10 Å². The van der Waals surface area contributed by atoms with E-state index in [4.69, 9.17) is 4.74 Å². The fourth-order valence-electron chi connectivity index (χ4n) is 2.45. The lowest BCUT2D eigenvalue weighted by Crippen LogP contribution is -2.00. The summed E-state index contributed by atoms with van der Waals surface area (Å²) in [5, 5.41) is 4.03. The van der Waals surface area contributed by atoms with E-state index in [1.54, 1.807) is 61.9 Å². The maximum atomic E-state index is 13.1. The van der Waals surface area contributed by atoms with Crippen molar-refractivity contribution >= 4 is 10.8 Å². The van der Waals surface area contributed by atoms with Gasteiger partial charge in [-0.05, 0) is 54.6 Å². The van der Waals surface area contributed by atoms with E-state index in [0.717, 1.165) is 5.56 Å². The first-order valence-electron chi connectivity index (χ1n) is 7.46. The molecule has 1 atom stereocenters. The van der Waals surface area contributed by atoms with Crippen LogP contribution in [0, 0.1) is 0 Å². The second kappa shape index (κ2) is 7.14. The highest BCUT2D eigenvalue weighted by atomic mass is 32.2. The Morgan fingerprint density at radius 2 is 1.72 bits per heavy atom. The molecule has 0 fully saturated rings. The van der Waals surface area contributed by atoms with Crippen molar-refractivity contribution in [1.82, 2.24) is 9.78 Å². The highest BCUT2D eigenvalue weighted by Gasteiger charge is 2.18. The van der Waals surface area contributed by atoms with E-state index in [0.29, 0.717) is 22.0 Å². The predicted octanol–water partition coefficient (Wildman–Crippen LogP) is 4.22. The van der Waals surface area contributed by atoms with E-state index in [9.17, 15) is 13.0 Å². The zero-order valence-corrected chi connectivity index (χ0v) is 14.5. The summed E-state index contributed by atoms with van der Waals surface area (Å²) in [6.45, 7) is 0. The Balaban J connectivity index is 2.09. The monoisotopic (exact) mass is 362 g/mol. The minimum absolute atomic E-state index is 0.297. The standard InChI is InChI=1S/C18H16F2N2O2S/c1-24-14-7-3-12(4-8-14)17-11-16(18(19)20)21-22(17)13-5-9-15(10-6-13)25(2)23/h3-11,18H,1-2H3. The van der Waals surface area contributed by atoms with Crippen molar-refractivity contribution in [2.75, 3.05) is 13.4 Å². The number of aromatic nitrogens is 2. The van der Waals surface area contributed by atoms with Gasteiger partial charge in [-0.25, -0.2) is 13.5 Å². The first-order valence-corrected chi connectivity index (χ1v) is 9.02. The van der Waals surface area contributed by atoms with Gasteiger partial charge in [0.15, 0.2) is 0 Å². The quantitative estimate of drug-likeness (QED) is 0.682. The fraction of sp³-hybridized carbons (Fsp3) is 0.167. The summed E-state index contributed by atoms with van der Waals surface area (Å²) in [6, 6.07) is 15.3. The third kappa shape index (κ3) is 3.61. The molecule has 0 aliphatic heterocycles. The van der Waals surface area contributed by atoms with Gasteiger partial charge in [0.1, 0.15) is 11.4 Å². The van der Waals surface area contributed by atoms with E-state index in [1.165, 1.54) is 10.7 Å². The Labute approximate surface area is 146 Å². The average Bonchev–Trinajstić information content (AvgIpc) is 3.07. The van der Waals surface area contributed by atoms with Crippen molar-refractivity contribution in [3.05, 3.63) is 60.3 Å². The molecule has 0 aliphatic rings. The lowest BCUT2D eigenvalue weighted by atomic mass is 10.1. The number of rotatable bonds is 5. The minimum Gasteiger partial charge on any atom is -0.497 e. The van der Waals surface area contributed by atoms with Gasteiger partial charge in [0.25, 0.3) is 6.43 Å². The van der Waals surface area contributed by atoms with Crippen molar-refractivity contribution in [2.45, 2.75) is 11.3 Å². The summed E-state index contributed by atoms with van der Waals surface area (Å²) in [6.07, 6.45) is -1.08. The molecule has 1 aromatic heterocycles. The van der Waals surface area contributed by atoms with Crippen molar-refractivity contribution < 1.29 is 17.7 Å². The average molecular weight is 362 g/mol. The topological polar surface area (TPSA) is 44.1 Å². The Kier molecular flexibility index (Phi) is 4.94. The molecule has 0 saturated heterocycles. The van der Waals surface area contributed by atoms with Crippen LogP contribution in [0.25, 0.3) is 16.9 Å². The van der Waals surface area contributed by atoms with Crippen LogP contribution in [0.4, 0.5) is 8.78 Å². The molecule has 0 saturated carbocycles. The summed E-state index contributed by atoms with van der Waals surface area (Å²) in [4.78, 5) is 0.663. The zero-order chi connectivity index (χ0) is 18.0. The first-order chi connectivity index (χ1) is 12.0. The lowest BCUT2D eigenvalue weighted by molar-refractivity contribution is 0.145. The molecule has 3 aromatic rings. The zero-order valence-electron chi connectivity index (χ0n) is 13.6. The molecule has 1 unspecified atom stereocenters. The first kappa shape index (κ1) is 17.3. The van der Waals surface area contributed by atoms with Crippen LogP contribution < -0.4 is 4.74 Å². The molecule has 0 radical (unpaired) electrons. The van der Waals surface area contributed by atoms with Crippen LogP contribution in [0.15, 0.2) is 59.5 Å². The molecule has 0 bridgehead atoms. The molecule has 1 heterocycles. The van der Waals surface area contributed by atoms with Crippen LogP contribution in [0.3, 0.4) is 0 Å². The number of methoxy groups -OCH3 is 1. The van der Waals surface area contributed by atoms with Crippen LogP contribution in [0.2, 0.25) is 0 Å². The Hall–Kier alpha value is -2.54.